The molecule has 0 aliphatic carbocycles. The van der Waals surface area contributed by atoms with Crippen LogP contribution in [0.3, 0.4) is 0 Å². The Morgan fingerprint density at radius 1 is 1.23 bits per heavy atom. The van der Waals surface area contributed by atoms with Crippen molar-refractivity contribution in [3.8, 4) is 5.75 Å². The quantitative estimate of drug-likeness (QED) is 0.835. The van der Waals surface area contributed by atoms with Gasteiger partial charge < -0.3 is 19.7 Å². The molecule has 0 unspecified atom stereocenters. The Bertz CT molecular complexity index is 801. The predicted molar refractivity (Wildman–Crippen MR) is 100 cm³/mol. The number of hydrogen-bond acceptors (Lipinski definition) is 4. The third-order valence-electron chi connectivity index (χ3n) is 4.09. The minimum atomic E-state index is -0.465. The fourth-order valence-electron chi connectivity index (χ4n) is 2.74. The van der Waals surface area contributed by atoms with Gasteiger partial charge in [-0.1, -0.05) is 12.1 Å². The summed E-state index contributed by atoms with van der Waals surface area (Å²) in [5.74, 6) is -0.569. The van der Waals surface area contributed by atoms with Crippen LogP contribution in [0.25, 0.3) is 6.08 Å². The maximum Gasteiger partial charge on any atom is 0.248 e. The third-order valence-corrected chi connectivity index (χ3v) is 4.09. The highest BCUT2D eigenvalue weighted by atomic mass is 19.1. The topological polar surface area (TPSA) is 50.8 Å². The SMILES string of the molecule is COc1ccc(/C=C/C(=O)Nc2cccc(N3CCOCC3)c2)cc1F. The van der Waals surface area contributed by atoms with Gasteiger partial charge in [0.25, 0.3) is 0 Å². The molecular weight excluding hydrogens is 335 g/mol. The van der Waals surface area contributed by atoms with Gasteiger partial charge in [-0.3, -0.25) is 4.79 Å². The van der Waals surface area contributed by atoms with Gasteiger partial charge in [0.05, 0.1) is 20.3 Å². The van der Waals surface area contributed by atoms with Crippen molar-refractivity contribution >= 4 is 23.4 Å². The molecule has 0 aromatic heterocycles. The van der Waals surface area contributed by atoms with Crippen molar-refractivity contribution in [1.82, 2.24) is 0 Å². The molecule has 136 valence electrons. The summed E-state index contributed by atoms with van der Waals surface area (Å²) in [6.45, 7) is 3.08. The molecule has 2 aromatic carbocycles. The van der Waals surface area contributed by atoms with Gasteiger partial charge >= 0.3 is 0 Å². The highest BCUT2D eigenvalue weighted by molar-refractivity contribution is 6.02. The predicted octanol–water partition coefficient (Wildman–Crippen LogP) is 3.32. The van der Waals surface area contributed by atoms with Crippen LogP contribution < -0.4 is 15.0 Å². The normalized spacial score (nSPS) is 14.5. The minimum absolute atomic E-state index is 0.173. The molecule has 26 heavy (non-hydrogen) atoms. The summed E-state index contributed by atoms with van der Waals surface area (Å²) in [4.78, 5) is 14.3. The molecule has 0 saturated carbocycles. The van der Waals surface area contributed by atoms with E-state index in [4.69, 9.17) is 9.47 Å². The highest BCUT2D eigenvalue weighted by Crippen LogP contribution is 2.21. The number of carbonyl (C=O) groups excluding carboxylic acids is 1. The van der Waals surface area contributed by atoms with Crippen molar-refractivity contribution in [3.05, 3.63) is 59.9 Å². The second kappa shape index (κ2) is 8.49. The second-order valence-electron chi connectivity index (χ2n) is 5.87. The monoisotopic (exact) mass is 356 g/mol. The molecule has 1 aliphatic rings. The Hall–Kier alpha value is -2.86. The maximum atomic E-state index is 13.7. The summed E-state index contributed by atoms with van der Waals surface area (Å²) in [7, 11) is 1.41. The van der Waals surface area contributed by atoms with Crippen molar-refractivity contribution in [2.45, 2.75) is 0 Å². The Kier molecular flexibility index (Phi) is 5.86. The van der Waals surface area contributed by atoms with Gasteiger partial charge in [-0.25, -0.2) is 4.39 Å². The number of benzene rings is 2. The number of ether oxygens (including phenoxy) is 2. The lowest BCUT2D eigenvalue weighted by Gasteiger charge is -2.29. The van der Waals surface area contributed by atoms with E-state index in [2.05, 4.69) is 10.2 Å². The summed E-state index contributed by atoms with van der Waals surface area (Å²) < 4.78 is 23.9. The molecule has 1 N–H and O–H groups in total. The van der Waals surface area contributed by atoms with E-state index in [0.29, 0.717) is 24.5 Å². The number of anilines is 2. The first-order valence-electron chi connectivity index (χ1n) is 8.41. The van der Waals surface area contributed by atoms with Gasteiger partial charge in [-0.05, 0) is 42.0 Å². The van der Waals surface area contributed by atoms with Crippen molar-refractivity contribution in [1.29, 1.82) is 0 Å². The Labute approximate surface area is 152 Å². The standard InChI is InChI=1S/C20H21FN2O3/c1-25-19-7-5-15(13-18(19)21)6-8-20(24)22-16-3-2-4-17(14-16)23-9-11-26-12-10-23/h2-8,13-14H,9-12H2,1H3,(H,22,24)/b8-6+. The van der Waals surface area contributed by atoms with Gasteiger partial charge in [0.1, 0.15) is 0 Å². The number of morpholine rings is 1. The molecule has 2 aromatic rings. The van der Waals surface area contributed by atoms with E-state index >= 15 is 0 Å². The molecular formula is C20H21FN2O3. The van der Waals surface area contributed by atoms with Crippen LogP contribution in [0.1, 0.15) is 5.56 Å². The van der Waals surface area contributed by atoms with Crippen LogP contribution in [0.4, 0.5) is 15.8 Å². The zero-order valence-corrected chi connectivity index (χ0v) is 14.6. The molecule has 1 fully saturated rings. The molecule has 0 radical (unpaired) electrons. The lowest BCUT2D eigenvalue weighted by atomic mass is 10.2. The largest absolute Gasteiger partial charge is 0.494 e. The van der Waals surface area contributed by atoms with E-state index in [9.17, 15) is 9.18 Å². The smallest absolute Gasteiger partial charge is 0.248 e. The van der Waals surface area contributed by atoms with E-state index in [-0.39, 0.29) is 11.7 Å². The first-order chi connectivity index (χ1) is 12.7. The van der Waals surface area contributed by atoms with Gasteiger partial charge in [0, 0.05) is 30.5 Å². The molecule has 1 aliphatic heterocycles. The Morgan fingerprint density at radius 2 is 2.04 bits per heavy atom. The number of halogens is 1. The number of hydrogen-bond donors (Lipinski definition) is 1. The molecule has 1 saturated heterocycles. The molecule has 0 bridgehead atoms. The zero-order valence-electron chi connectivity index (χ0n) is 14.6. The molecule has 0 atom stereocenters. The van der Waals surface area contributed by atoms with Crippen LogP contribution in [0.5, 0.6) is 5.75 Å². The van der Waals surface area contributed by atoms with Crippen LogP contribution in [0.15, 0.2) is 48.5 Å². The summed E-state index contributed by atoms with van der Waals surface area (Å²) in [5, 5.41) is 2.83. The average molecular weight is 356 g/mol. The number of carbonyl (C=O) groups is 1. The molecule has 3 rings (SSSR count). The minimum Gasteiger partial charge on any atom is -0.494 e. The molecule has 1 amide bonds. The first kappa shape index (κ1) is 17.9. The molecule has 5 nitrogen and oxygen atoms in total. The number of nitrogens with one attached hydrogen (secondary N) is 1. The Balaban J connectivity index is 1.63. The van der Waals surface area contributed by atoms with Gasteiger partial charge in [-0.2, -0.15) is 0 Å². The molecule has 1 heterocycles. The van der Waals surface area contributed by atoms with Gasteiger partial charge in [-0.15, -0.1) is 0 Å². The second-order valence-corrected chi connectivity index (χ2v) is 5.87. The Morgan fingerprint density at radius 3 is 2.77 bits per heavy atom. The highest BCUT2D eigenvalue weighted by Gasteiger charge is 2.11. The summed E-state index contributed by atoms with van der Waals surface area (Å²) in [5.41, 5.74) is 2.34. The summed E-state index contributed by atoms with van der Waals surface area (Å²) in [6, 6.07) is 12.2. The van der Waals surface area contributed by atoms with E-state index in [1.807, 2.05) is 24.3 Å². The van der Waals surface area contributed by atoms with Crippen molar-refractivity contribution in [3.63, 3.8) is 0 Å². The molecule has 6 heteroatoms. The number of methoxy groups -OCH3 is 1. The number of amides is 1. The fourth-order valence-corrected chi connectivity index (χ4v) is 2.74. The zero-order chi connectivity index (χ0) is 18.4. The van der Waals surface area contributed by atoms with Crippen LogP contribution in [-0.2, 0) is 9.53 Å². The van der Waals surface area contributed by atoms with Crippen molar-refractivity contribution in [2.75, 3.05) is 43.6 Å². The van der Waals surface area contributed by atoms with E-state index in [1.54, 1.807) is 12.1 Å². The van der Waals surface area contributed by atoms with Crippen molar-refractivity contribution in [2.24, 2.45) is 0 Å². The maximum absolute atomic E-state index is 13.7. The van der Waals surface area contributed by atoms with Crippen LogP contribution in [-0.4, -0.2) is 39.3 Å². The van der Waals surface area contributed by atoms with Crippen LogP contribution in [0.2, 0.25) is 0 Å². The van der Waals surface area contributed by atoms with Gasteiger partial charge in [0.15, 0.2) is 11.6 Å². The lowest BCUT2D eigenvalue weighted by Crippen LogP contribution is -2.36. The van der Waals surface area contributed by atoms with E-state index < -0.39 is 5.82 Å². The number of nitrogens with zero attached hydrogens (tertiary/aromatic N) is 1. The van der Waals surface area contributed by atoms with Crippen molar-refractivity contribution < 1.29 is 18.7 Å². The first-order valence-corrected chi connectivity index (χ1v) is 8.41. The van der Waals surface area contributed by atoms with Crippen LogP contribution in [0, 0.1) is 5.82 Å². The van der Waals surface area contributed by atoms with Gasteiger partial charge in [0.2, 0.25) is 5.91 Å². The van der Waals surface area contributed by atoms with Crippen LogP contribution >= 0.6 is 0 Å². The van der Waals surface area contributed by atoms with E-state index in [1.165, 1.54) is 25.3 Å². The summed E-state index contributed by atoms with van der Waals surface area (Å²) in [6.07, 6.45) is 2.94. The van der Waals surface area contributed by atoms with E-state index in [0.717, 1.165) is 18.8 Å². The average Bonchev–Trinajstić information content (AvgIpc) is 2.67. The lowest BCUT2D eigenvalue weighted by molar-refractivity contribution is -0.111. The third kappa shape index (κ3) is 4.61. The fraction of sp³-hybridized carbons (Fsp3) is 0.250. The summed E-state index contributed by atoms with van der Waals surface area (Å²) >= 11 is 0. The number of rotatable bonds is 5. The molecule has 0 spiro atoms.